The zero-order valence-corrected chi connectivity index (χ0v) is 12.0. The first-order valence-electron chi connectivity index (χ1n) is 6.06. The molecule has 0 rings (SSSR count). The second-order valence-corrected chi connectivity index (χ2v) is 5.51. The quantitative estimate of drug-likeness (QED) is 0.662. The fourth-order valence-corrected chi connectivity index (χ4v) is 1.44. The standard InChI is InChI=1S/C13H26N2O2/c1-11(2)15-13(5,9-14)10-17-8-7-12(3,4)16-6/h11,15H,7-8,10H2,1-6H3. The lowest BCUT2D eigenvalue weighted by Gasteiger charge is -2.27. The maximum Gasteiger partial charge on any atom is 0.127 e. The first-order chi connectivity index (χ1) is 7.74. The molecule has 0 aliphatic carbocycles. The highest BCUT2D eigenvalue weighted by Crippen LogP contribution is 2.13. The van der Waals surface area contributed by atoms with E-state index in [1.165, 1.54) is 0 Å². The zero-order chi connectivity index (χ0) is 13.5. The molecule has 0 radical (unpaired) electrons. The van der Waals surface area contributed by atoms with Crippen LogP contribution in [0, 0.1) is 11.3 Å². The van der Waals surface area contributed by atoms with Crippen LogP contribution in [0.15, 0.2) is 0 Å². The van der Waals surface area contributed by atoms with Crippen LogP contribution in [0.1, 0.15) is 41.0 Å². The fraction of sp³-hybridized carbons (Fsp3) is 0.923. The van der Waals surface area contributed by atoms with Gasteiger partial charge in [0.2, 0.25) is 0 Å². The summed E-state index contributed by atoms with van der Waals surface area (Å²) in [5, 5.41) is 12.3. The number of methoxy groups -OCH3 is 1. The van der Waals surface area contributed by atoms with Crippen LogP contribution < -0.4 is 5.32 Å². The molecule has 0 heterocycles. The lowest BCUT2D eigenvalue weighted by Crippen LogP contribution is -2.48. The van der Waals surface area contributed by atoms with Gasteiger partial charge in [0.25, 0.3) is 0 Å². The van der Waals surface area contributed by atoms with Gasteiger partial charge in [-0.25, -0.2) is 0 Å². The Morgan fingerprint density at radius 3 is 2.29 bits per heavy atom. The van der Waals surface area contributed by atoms with Crippen molar-refractivity contribution in [2.24, 2.45) is 0 Å². The third kappa shape index (κ3) is 7.32. The minimum Gasteiger partial charge on any atom is -0.379 e. The summed E-state index contributed by atoms with van der Waals surface area (Å²) in [6.45, 7) is 10.9. The molecular weight excluding hydrogens is 216 g/mol. The van der Waals surface area contributed by atoms with Crippen molar-refractivity contribution in [3.05, 3.63) is 0 Å². The van der Waals surface area contributed by atoms with Crippen molar-refractivity contribution in [1.29, 1.82) is 5.26 Å². The van der Waals surface area contributed by atoms with Crippen LogP contribution in [0.5, 0.6) is 0 Å². The Labute approximate surface area is 105 Å². The molecule has 1 unspecified atom stereocenters. The monoisotopic (exact) mass is 242 g/mol. The molecule has 0 aromatic heterocycles. The van der Waals surface area contributed by atoms with Gasteiger partial charge in [-0.2, -0.15) is 5.26 Å². The lowest BCUT2D eigenvalue weighted by atomic mass is 10.0. The van der Waals surface area contributed by atoms with Crippen LogP contribution in [0.3, 0.4) is 0 Å². The Hall–Kier alpha value is -0.630. The second-order valence-electron chi connectivity index (χ2n) is 5.51. The van der Waals surface area contributed by atoms with E-state index in [4.69, 9.17) is 14.7 Å². The largest absolute Gasteiger partial charge is 0.379 e. The summed E-state index contributed by atoms with van der Waals surface area (Å²) in [6, 6.07) is 2.52. The number of rotatable bonds is 8. The molecule has 0 saturated carbocycles. The van der Waals surface area contributed by atoms with E-state index in [-0.39, 0.29) is 11.6 Å². The molecule has 0 aromatic rings. The van der Waals surface area contributed by atoms with E-state index in [9.17, 15) is 0 Å². The van der Waals surface area contributed by atoms with Crippen LogP contribution in [-0.2, 0) is 9.47 Å². The Bertz CT molecular complexity index is 259. The SMILES string of the molecule is COC(C)(C)CCOCC(C)(C#N)NC(C)C. The van der Waals surface area contributed by atoms with Gasteiger partial charge in [-0.05, 0) is 41.0 Å². The van der Waals surface area contributed by atoms with Crippen LogP contribution in [0.2, 0.25) is 0 Å². The molecule has 0 fully saturated rings. The molecule has 17 heavy (non-hydrogen) atoms. The van der Waals surface area contributed by atoms with Gasteiger partial charge in [0.1, 0.15) is 5.54 Å². The highest BCUT2D eigenvalue weighted by atomic mass is 16.5. The normalized spacial score (nSPS) is 15.6. The molecule has 0 aliphatic rings. The number of ether oxygens (including phenoxy) is 2. The number of hydrogen-bond acceptors (Lipinski definition) is 4. The van der Waals surface area contributed by atoms with Gasteiger partial charge < -0.3 is 9.47 Å². The zero-order valence-electron chi connectivity index (χ0n) is 12.0. The van der Waals surface area contributed by atoms with Gasteiger partial charge in [0.15, 0.2) is 0 Å². The van der Waals surface area contributed by atoms with Gasteiger partial charge >= 0.3 is 0 Å². The fourth-order valence-electron chi connectivity index (χ4n) is 1.44. The third-order valence-corrected chi connectivity index (χ3v) is 2.65. The van der Waals surface area contributed by atoms with E-state index >= 15 is 0 Å². The topological polar surface area (TPSA) is 54.3 Å². The number of nitrogens with zero attached hydrogens (tertiary/aromatic N) is 1. The summed E-state index contributed by atoms with van der Waals surface area (Å²) in [5.41, 5.74) is -0.792. The molecule has 100 valence electrons. The lowest BCUT2D eigenvalue weighted by molar-refractivity contribution is -0.0150. The van der Waals surface area contributed by atoms with Crippen LogP contribution in [0.4, 0.5) is 0 Å². The average molecular weight is 242 g/mol. The minimum atomic E-state index is -0.620. The number of nitriles is 1. The van der Waals surface area contributed by atoms with Gasteiger partial charge in [-0.3, -0.25) is 5.32 Å². The first-order valence-corrected chi connectivity index (χ1v) is 6.06. The Morgan fingerprint density at radius 1 is 1.29 bits per heavy atom. The minimum absolute atomic E-state index is 0.172. The van der Waals surface area contributed by atoms with Crippen molar-refractivity contribution in [3.63, 3.8) is 0 Å². The van der Waals surface area contributed by atoms with Gasteiger partial charge in [0, 0.05) is 19.8 Å². The highest BCUT2D eigenvalue weighted by molar-refractivity contribution is 5.04. The molecule has 0 aliphatic heterocycles. The maximum absolute atomic E-state index is 9.12. The molecule has 0 saturated heterocycles. The molecule has 0 bridgehead atoms. The van der Waals surface area contributed by atoms with Crippen molar-refractivity contribution in [2.45, 2.75) is 58.2 Å². The van der Waals surface area contributed by atoms with Crippen molar-refractivity contribution in [2.75, 3.05) is 20.3 Å². The second kappa shape index (κ2) is 6.95. The molecule has 4 nitrogen and oxygen atoms in total. The smallest absolute Gasteiger partial charge is 0.127 e. The number of hydrogen-bond donors (Lipinski definition) is 1. The Balaban J connectivity index is 3.98. The first kappa shape index (κ1) is 16.4. The van der Waals surface area contributed by atoms with Gasteiger partial charge in [-0.15, -0.1) is 0 Å². The molecule has 0 spiro atoms. The third-order valence-electron chi connectivity index (χ3n) is 2.65. The van der Waals surface area contributed by atoms with E-state index < -0.39 is 5.54 Å². The average Bonchev–Trinajstić information content (AvgIpc) is 2.24. The van der Waals surface area contributed by atoms with Gasteiger partial charge in [-0.1, -0.05) is 0 Å². The summed E-state index contributed by atoms with van der Waals surface area (Å²) < 4.78 is 10.9. The maximum atomic E-state index is 9.12. The summed E-state index contributed by atoms with van der Waals surface area (Å²) in [4.78, 5) is 0. The van der Waals surface area contributed by atoms with Crippen LogP contribution in [0.25, 0.3) is 0 Å². The Morgan fingerprint density at radius 2 is 1.88 bits per heavy atom. The number of nitrogens with one attached hydrogen (secondary N) is 1. The van der Waals surface area contributed by atoms with E-state index in [2.05, 4.69) is 11.4 Å². The van der Waals surface area contributed by atoms with Crippen molar-refractivity contribution in [3.8, 4) is 6.07 Å². The molecular formula is C13H26N2O2. The van der Waals surface area contributed by atoms with Gasteiger partial charge in [0.05, 0.1) is 18.3 Å². The van der Waals surface area contributed by atoms with E-state index in [0.717, 1.165) is 6.42 Å². The van der Waals surface area contributed by atoms with Crippen LogP contribution >= 0.6 is 0 Å². The summed E-state index contributed by atoms with van der Waals surface area (Å²) >= 11 is 0. The molecule has 1 atom stereocenters. The van der Waals surface area contributed by atoms with Crippen molar-refractivity contribution < 1.29 is 9.47 Å². The predicted octanol–water partition coefficient (Wildman–Crippen LogP) is 2.10. The molecule has 0 aromatic carbocycles. The summed E-state index contributed by atoms with van der Waals surface area (Å²) in [7, 11) is 1.69. The Kier molecular flexibility index (Phi) is 6.69. The van der Waals surface area contributed by atoms with E-state index in [1.807, 2.05) is 34.6 Å². The summed E-state index contributed by atoms with van der Waals surface area (Å²) in [6.07, 6.45) is 0.812. The van der Waals surface area contributed by atoms with Crippen molar-refractivity contribution in [1.82, 2.24) is 5.32 Å². The van der Waals surface area contributed by atoms with Crippen LogP contribution in [-0.4, -0.2) is 37.5 Å². The predicted molar refractivity (Wildman–Crippen MR) is 68.8 cm³/mol. The van der Waals surface area contributed by atoms with E-state index in [1.54, 1.807) is 7.11 Å². The van der Waals surface area contributed by atoms with Crippen molar-refractivity contribution >= 4 is 0 Å². The highest BCUT2D eigenvalue weighted by Gasteiger charge is 2.25. The molecule has 4 heteroatoms. The summed E-state index contributed by atoms with van der Waals surface area (Å²) in [5.74, 6) is 0. The molecule has 0 amide bonds. The van der Waals surface area contributed by atoms with E-state index in [0.29, 0.717) is 13.2 Å². The molecule has 1 N–H and O–H groups in total.